The van der Waals surface area contributed by atoms with E-state index in [-0.39, 0.29) is 11.9 Å². The lowest BCUT2D eigenvalue weighted by molar-refractivity contribution is 0.318. The van der Waals surface area contributed by atoms with Crippen molar-refractivity contribution in [3.05, 3.63) is 58.9 Å². The Morgan fingerprint density at radius 2 is 1.81 bits per heavy atom. The van der Waals surface area contributed by atoms with E-state index in [4.69, 9.17) is 21.7 Å². The third kappa shape index (κ3) is 3.46. The zero-order valence-electron chi connectivity index (χ0n) is 15.5. The third-order valence-corrected chi connectivity index (χ3v) is 5.59. The van der Waals surface area contributed by atoms with Gasteiger partial charge in [0.2, 0.25) is 0 Å². The van der Waals surface area contributed by atoms with Crippen LogP contribution in [0.5, 0.6) is 11.5 Å². The molecule has 0 saturated heterocycles. The lowest BCUT2D eigenvalue weighted by atomic mass is 9.87. The van der Waals surface area contributed by atoms with Crippen LogP contribution in [0.25, 0.3) is 0 Å². The molecule has 2 aromatic rings. The van der Waals surface area contributed by atoms with E-state index >= 15 is 0 Å². The normalized spacial score (nSPS) is 18.6. The Hall–Kier alpha value is -2.34. The Labute approximate surface area is 164 Å². The summed E-state index contributed by atoms with van der Waals surface area (Å²) in [6.07, 6.45) is 3.09. The van der Waals surface area contributed by atoms with E-state index in [1.165, 1.54) is 6.07 Å². The molecule has 4 rings (SSSR count). The number of halogens is 1. The fourth-order valence-corrected chi connectivity index (χ4v) is 4.05. The highest BCUT2D eigenvalue weighted by atomic mass is 32.1. The molecule has 4 nitrogen and oxygen atoms in total. The summed E-state index contributed by atoms with van der Waals surface area (Å²) in [6, 6.07) is 11.0. The lowest BCUT2D eigenvalue weighted by Gasteiger charge is -2.40. The summed E-state index contributed by atoms with van der Waals surface area (Å²) >= 11 is 5.69. The van der Waals surface area contributed by atoms with Crippen molar-refractivity contribution in [2.45, 2.75) is 31.3 Å². The number of hydrogen-bond donors (Lipinski definition) is 1. The summed E-state index contributed by atoms with van der Waals surface area (Å²) in [5.74, 6) is 1.10. The number of benzene rings is 2. The summed E-state index contributed by atoms with van der Waals surface area (Å²) in [5.41, 5.74) is 2.75. The van der Waals surface area contributed by atoms with Crippen molar-refractivity contribution in [3.8, 4) is 11.5 Å². The molecule has 0 spiro atoms. The molecule has 27 heavy (non-hydrogen) atoms. The first-order valence-electron chi connectivity index (χ1n) is 9.18. The van der Waals surface area contributed by atoms with Crippen molar-refractivity contribution < 1.29 is 13.9 Å². The number of rotatable bonds is 4. The van der Waals surface area contributed by atoms with Gasteiger partial charge >= 0.3 is 0 Å². The summed E-state index contributed by atoms with van der Waals surface area (Å²) in [7, 11) is 3.24. The SMILES string of the molecule is COc1cc2c(cc1OC)C(c1ccccc1F)N(C(=S)NC1CC1)CC2. The highest BCUT2D eigenvalue weighted by molar-refractivity contribution is 7.80. The van der Waals surface area contributed by atoms with Crippen LogP contribution in [-0.4, -0.2) is 36.8 Å². The summed E-state index contributed by atoms with van der Waals surface area (Å²) < 4.78 is 25.7. The van der Waals surface area contributed by atoms with Gasteiger partial charge in [0.05, 0.1) is 20.3 Å². The first-order chi connectivity index (χ1) is 13.1. The molecule has 1 N–H and O–H groups in total. The molecular weight excluding hydrogens is 363 g/mol. The summed E-state index contributed by atoms with van der Waals surface area (Å²) in [5, 5.41) is 4.09. The molecule has 1 aliphatic carbocycles. The Morgan fingerprint density at radius 1 is 1.11 bits per heavy atom. The fraction of sp³-hybridized carbons (Fsp3) is 0.381. The van der Waals surface area contributed by atoms with E-state index in [0.29, 0.717) is 28.2 Å². The van der Waals surface area contributed by atoms with Crippen LogP contribution in [-0.2, 0) is 6.42 Å². The second kappa shape index (κ2) is 7.35. The average molecular weight is 386 g/mol. The Bertz CT molecular complexity index is 869. The van der Waals surface area contributed by atoms with Gasteiger partial charge in [-0.15, -0.1) is 0 Å². The maximum atomic E-state index is 14.8. The van der Waals surface area contributed by atoms with Crippen LogP contribution in [0.2, 0.25) is 0 Å². The second-order valence-electron chi connectivity index (χ2n) is 7.00. The number of fused-ring (bicyclic) bond motifs is 1. The van der Waals surface area contributed by atoms with Gasteiger partial charge in [-0.25, -0.2) is 4.39 Å². The molecule has 0 amide bonds. The molecule has 1 fully saturated rings. The average Bonchev–Trinajstić information content (AvgIpc) is 3.50. The molecule has 6 heteroatoms. The van der Waals surface area contributed by atoms with Crippen molar-refractivity contribution in [3.63, 3.8) is 0 Å². The number of nitrogens with one attached hydrogen (secondary N) is 1. The number of methoxy groups -OCH3 is 2. The maximum absolute atomic E-state index is 14.8. The van der Waals surface area contributed by atoms with E-state index in [9.17, 15) is 4.39 Å². The quantitative estimate of drug-likeness (QED) is 0.808. The van der Waals surface area contributed by atoms with Gasteiger partial charge in [-0.3, -0.25) is 0 Å². The topological polar surface area (TPSA) is 33.7 Å². The zero-order valence-corrected chi connectivity index (χ0v) is 16.3. The number of hydrogen-bond acceptors (Lipinski definition) is 3. The molecule has 0 bridgehead atoms. The van der Waals surface area contributed by atoms with Gasteiger partial charge in [0.15, 0.2) is 16.6 Å². The summed E-state index contributed by atoms with van der Waals surface area (Å²) in [6.45, 7) is 0.722. The van der Waals surface area contributed by atoms with E-state index in [0.717, 1.165) is 36.9 Å². The van der Waals surface area contributed by atoms with Gasteiger partial charge < -0.3 is 19.7 Å². The van der Waals surface area contributed by atoms with Crippen LogP contribution in [0.4, 0.5) is 4.39 Å². The minimum Gasteiger partial charge on any atom is -0.493 e. The third-order valence-electron chi connectivity index (χ3n) is 5.24. The van der Waals surface area contributed by atoms with Crippen LogP contribution < -0.4 is 14.8 Å². The Kier molecular flexibility index (Phi) is 4.91. The molecule has 142 valence electrons. The Balaban J connectivity index is 1.82. The number of thiocarbonyl (C=S) groups is 1. The zero-order chi connectivity index (χ0) is 19.0. The van der Waals surface area contributed by atoms with Crippen LogP contribution >= 0.6 is 12.2 Å². The van der Waals surface area contributed by atoms with Crippen molar-refractivity contribution in [2.75, 3.05) is 20.8 Å². The standard InChI is InChI=1S/C21H23FN2O2S/c1-25-18-11-13-9-10-24(21(27)23-14-7-8-14)20(16(13)12-19(18)26-2)15-5-3-4-6-17(15)22/h3-6,11-12,14,20H,7-10H2,1-2H3,(H,23,27). The first kappa shape index (κ1) is 18.0. The van der Waals surface area contributed by atoms with Crippen molar-refractivity contribution in [1.82, 2.24) is 10.2 Å². The van der Waals surface area contributed by atoms with Crippen molar-refractivity contribution in [1.29, 1.82) is 0 Å². The maximum Gasteiger partial charge on any atom is 0.169 e. The van der Waals surface area contributed by atoms with Crippen molar-refractivity contribution in [2.24, 2.45) is 0 Å². The summed E-state index contributed by atoms with van der Waals surface area (Å²) in [4.78, 5) is 2.10. The number of ether oxygens (including phenoxy) is 2. The van der Waals surface area contributed by atoms with E-state index in [2.05, 4.69) is 10.2 Å². The van der Waals surface area contributed by atoms with Gasteiger partial charge in [-0.05, 0) is 60.8 Å². The number of nitrogens with zero attached hydrogens (tertiary/aromatic N) is 1. The van der Waals surface area contributed by atoms with Gasteiger partial charge in [0.1, 0.15) is 5.82 Å². The smallest absolute Gasteiger partial charge is 0.169 e. The van der Waals surface area contributed by atoms with E-state index in [1.807, 2.05) is 24.3 Å². The molecule has 1 saturated carbocycles. The molecule has 0 radical (unpaired) electrons. The second-order valence-corrected chi connectivity index (χ2v) is 7.38. The van der Waals surface area contributed by atoms with Gasteiger partial charge in [-0.2, -0.15) is 0 Å². The molecule has 1 unspecified atom stereocenters. The van der Waals surface area contributed by atoms with E-state index in [1.54, 1.807) is 20.3 Å². The van der Waals surface area contributed by atoms with Crippen LogP contribution in [0.1, 0.15) is 35.6 Å². The highest BCUT2D eigenvalue weighted by Gasteiger charge is 2.35. The van der Waals surface area contributed by atoms with Gasteiger partial charge in [0.25, 0.3) is 0 Å². The molecule has 2 aliphatic rings. The lowest BCUT2D eigenvalue weighted by Crippen LogP contribution is -2.46. The van der Waals surface area contributed by atoms with Gasteiger partial charge in [0, 0.05) is 18.2 Å². The van der Waals surface area contributed by atoms with Gasteiger partial charge in [-0.1, -0.05) is 18.2 Å². The molecule has 2 aromatic carbocycles. The molecule has 1 heterocycles. The Morgan fingerprint density at radius 3 is 2.48 bits per heavy atom. The minimum absolute atomic E-state index is 0.232. The monoisotopic (exact) mass is 386 g/mol. The molecular formula is C21H23FN2O2S. The minimum atomic E-state index is -0.298. The first-order valence-corrected chi connectivity index (χ1v) is 9.59. The van der Waals surface area contributed by atoms with Crippen LogP contribution in [0, 0.1) is 5.82 Å². The van der Waals surface area contributed by atoms with Crippen molar-refractivity contribution >= 4 is 17.3 Å². The fourth-order valence-electron chi connectivity index (χ4n) is 3.68. The largest absolute Gasteiger partial charge is 0.493 e. The predicted octanol–water partition coefficient (Wildman–Crippen LogP) is 3.83. The molecule has 1 aliphatic heterocycles. The molecule has 1 atom stereocenters. The molecule has 0 aromatic heterocycles. The highest BCUT2D eigenvalue weighted by Crippen LogP contribution is 2.41. The van der Waals surface area contributed by atoms with E-state index < -0.39 is 0 Å². The predicted molar refractivity (Wildman–Crippen MR) is 107 cm³/mol. The van der Waals surface area contributed by atoms with Crippen LogP contribution in [0.3, 0.4) is 0 Å². The van der Waals surface area contributed by atoms with Crippen LogP contribution in [0.15, 0.2) is 36.4 Å².